The molecule has 0 aliphatic heterocycles. The van der Waals surface area contributed by atoms with Crippen LogP contribution in [0, 0.1) is 0 Å². The Bertz CT molecular complexity index is 669. The van der Waals surface area contributed by atoms with Gasteiger partial charge in [-0.2, -0.15) is 0 Å². The third kappa shape index (κ3) is 5.64. The van der Waals surface area contributed by atoms with Gasteiger partial charge in [0.2, 0.25) is 11.8 Å². The highest BCUT2D eigenvalue weighted by atomic mass is 35.5. The molecule has 23 heavy (non-hydrogen) atoms. The summed E-state index contributed by atoms with van der Waals surface area (Å²) in [5.41, 5.74) is 1.48. The van der Waals surface area contributed by atoms with Crippen LogP contribution < -0.4 is 15.4 Å². The molecule has 6 heteroatoms. The monoisotopic (exact) mass is 332 g/mol. The van der Waals surface area contributed by atoms with Crippen molar-refractivity contribution in [2.75, 3.05) is 19.0 Å². The summed E-state index contributed by atoms with van der Waals surface area (Å²) in [6, 6.07) is 13.9. The van der Waals surface area contributed by atoms with Gasteiger partial charge >= 0.3 is 0 Å². The maximum Gasteiger partial charge on any atom is 0.243 e. The first-order chi connectivity index (χ1) is 11.1. The largest absolute Gasteiger partial charge is 0.497 e. The van der Waals surface area contributed by atoms with Gasteiger partial charge in [-0.3, -0.25) is 9.59 Å². The number of amides is 2. The highest BCUT2D eigenvalue weighted by molar-refractivity contribution is 6.30. The van der Waals surface area contributed by atoms with E-state index in [-0.39, 0.29) is 24.8 Å². The molecular formula is C17H17ClN2O3. The van der Waals surface area contributed by atoms with Crippen molar-refractivity contribution in [2.45, 2.75) is 6.42 Å². The molecule has 0 aromatic heterocycles. The topological polar surface area (TPSA) is 67.4 Å². The summed E-state index contributed by atoms with van der Waals surface area (Å²) in [4.78, 5) is 23.6. The molecule has 0 aliphatic carbocycles. The minimum Gasteiger partial charge on any atom is -0.497 e. The van der Waals surface area contributed by atoms with Crippen molar-refractivity contribution in [2.24, 2.45) is 0 Å². The van der Waals surface area contributed by atoms with E-state index in [0.717, 1.165) is 11.3 Å². The molecule has 0 atom stereocenters. The Morgan fingerprint density at radius 1 is 1.00 bits per heavy atom. The minimum absolute atomic E-state index is 0.0857. The average Bonchev–Trinajstić information content (AvgIpc) is 2.56. The molecular weight excluding hydrogens is 316 g/mol. The predicted octanol–water partition coefficient (Wildman–Crippen LogP) is 2.65. The van der Waals surface area contributed by atoms with Crippen LogP contribution >= 0.6 is 11.6 Å². The molecule has 0 fully saturated rings. The molecule has 2 amide bonds. The van der Waals surface area contributed by atoms with E-state index in [1.807, 2.05) is 12.1 Å². The number of nitrogens with one attached hydrogen (secondary N) is 2. The van der Waals surface area contributed by atoms with Crippen LogP contribution in [0.2, 0.25) is 5.02 Å². The maximum absolute atomic E-state index is 11.8. The molecule has 0 saturated carbocycles. The van der Waals surface area contributed by atoms with Crippen LogP contribution in [0.3, 0.4) is 0 Å². The molecule has 2 N–H and O–H groups in total. The first-order valence-electron chi connectivity index (χ1n) is 7.02. The first-order valence-corrected chi connectivity index (χ1v) is 7.39. The Labute approximate surface area is 139 Å². The van der Waals surface area contributed by atoms with Crippen LogP contribution in [-0.4, -0.2) is 25.5 Å². The molecule has 0 spiro atoms. The van der Waals surface area contributed by atoms with Gasteiger partial charge in [-0.1, -0.05) is 23.7 Å². The number of rotatable bonds is 6. The van der Waals surface area contributed by atoms with Crippen LogP contribution in [0.5, 0.6) is 5.75 Å². The average molecular weight is 333 g/mol. The second kappa shape index (κ2) is 8.19. The lowest BCUT2D eigenvalue weighted by atomic mass is 10.1. The zero-order chi connectivity index (χ0) is 16.7. The second-order valence-corrected chi connectivity index (χ2v) is 5.29. The van der Waals surface area contributed by atoms with Crippen molar-refractivity contribution in [1.29, 1.82) is 0 Å². The minimum atomic E-state index is -0.296. The Kier molecular flexibility index (Phi) is 6.00. The van der Waals surface area contributed by atoms with Gasteiger partial charge < -0.3 is 15.4 Å². The summed E-state index contributed by atoms with van der Waals surface area (Å²) < 4.78 is 5.06. The smallest absolute Gasteiger partial charge is 0.243 e. The number of carbonyl (C=O) groups excluding carboxylic acids is 2. The van der Waals surface area contributed by atoms with Gasteiger partial charge in [0, 0.05) is 10.7 Å². The number of anilines is 1. The Balaban J connectivity index is 1.76. The second-order valence-electron chi connectivity index (χ2n) is 4.86. The number of benzene rings is 2. The van der Waals surface area contributed by atoms with Gasteiger partial charge in [0.15, 0.2) is 0 Å². The van der Waals surface area contributed by atoms with Crippen molar-refractivity contribution < 1.29 is 14.3 Å². The third-order valence-electron chi connectivity index (χ3n) is 3.10. The lowest BCUT2D eigenvalue weighted by molar-refractivity contribution is -0.123. The van der Waals surface area contributed by atoms with Crippen molar-refractivity contribution in [1.82, 2.24) is 5.32 Å². The highest BCUT2D eigenvalue weighted by Gasteiger charge is 2.07. The number of halogens is 1. The lowest BCUT2D eigenvalue weighted by Gasteiger charge is -2.07. The summed E-state index contributed by atoms with van der Waals surface area (Å²) >= 11 is 5.77. The Hall–Kier alpha value is -2.53. The zero-order valence-corrected chi connectivity index (χ0v) is 13.4. The van der Waals surface area contributed by atoms with Crippen molar-refractivity contribution in [3.05, 3.63) is 59.1 Å². The number of carbonyl (C=O) groups is 2. The number of methoxy groups -OCH3 is 1. The maximum atomic E-state index is 11.8. The molecule has 5 nitrogen and oxygen atoms in total. The Morgan fingerprint density at radius 3 is 2.26 bits per heavy atom. The summed E-state index contributed by atoms with van der Waals surface area (Å²) in [7, 11) is 1.58. The molecule has 2 rings (SSSR count). The fourth-order valence-corrected chi connectivity index (χ4v) is 2.03. The summed E-state index contributed by atoms with van der Waals surface area (Å²) in [5.74, 6) is 0.216. The summed E-state index contributed by atoms with van der Waals surface area (Å²) in [5, 5.41) is 5.85. The van der Waals surface area contributed by atoms with Gasteiger partial charge in [-0.15, -0.1) is 0 Å². The van der Waals surface area contributed by atoms with Gasteiger partial charge in [0.25, 0.3) is 0 Å². The van der Waals surface area contributed by atoms with Crippen LogP contribution in [-0.2, 0) is 16.0 Å². The van der Waals surface area contributed by atoms with Gasteiger partial charge in [-0.05, 0) is 42.0 Å². The van der Waals surface area contributed by atoms with Crippen molar-refractivity contribution in [3.63, 3.8) is 0 Å². The van der Waals surface area contributed by atoms with Crippen LogP contribution in [0.1, 0.15) is 5.56 Å². The fraction of sp³-hybridized carbons (Fsp3) is 0.176. The molecule has 0 heterocycles. The summed E-state index contributed by atoms with van der Waals surface area (Å²) in [6.07, 6.45) is 0.207. The Morgan fingerprint density at radius 2 is 1.65 bits per heavy atom. The van der Waals surface area contributed by atoms with E-state index in [9.17, 15) is 9.59 Å². The van der Waals surface area contributed by atoms with Crippen LogP contribution in [0.15, 0.2) is 48.5 Å². The molecule has 0 bridgehead atoms. The molecule has 2 aromatic rings. The van der Waals surface area contributed by atoms with Crippen LogP contribution in [0.4, 0.5) is 5.69 Å². The fourth-order valence-electron chi connectivity index (χ4n) is 1.91. The summed E-state index contributed by atoms with van der Waals surface area (Å²) in [6.45, 7) is -0.0857. The molecule has 0 saturated heterocycles. The first kappa shape index (κ1) is 16.8. The number of ether oxygens (including phenoxy) is 1. The molecule has 120 valence electrons. The van der Waals surface area contributed by atoms with Crippen LogP contribution in [0.25, 0.3) is 0 Å². The van der Waals surface area contributed by atoms with Gasteiger partial charge in [0.1, 0.15) is 5.75 Å². The third-order valence-corrected chi connectivity index (χ3v) is 3.35. The SMILES string of the molecule is COc1ccc(CC(=O)NCC(=O)Nc2ccc(Cl)cc2)cc1. The lowest BCUT2D eigenvalue weighted by Crippen LogP contribution is -2.33. The van der Waals surface area contributed by atoms with Crippen molar-refractivity contribution >= 4 is 29.1 Å². The van der Waals surface area contributed by atoms with Crippen molar-refractivity contribution in [3.8, 4) is 5.75 Å². The van der Waals surface area contributed by atoms with E-state index in [1.54, 1.807) is 43.5 Å². The van der Waals surface area contributed by atoms with E-state index >= 15 is 0 Å². The van der Waals surface area contributed by atoms with E-state index in [2.05, 4.69) is 10.6 Å². The van der Waals surface area contributed by atoms with E-state index in [4.69, 9.17) is 16.3 Å². The quantitative estimate of drug-likeness (QED) is 0.854. The number of hydrogen-bond acceptors (Lipinski definition) is 3. The molecule has 0 unspecified atom stereocenters. The molecule has 2 aromatic carbocycles. The van der Waals surface area contributed by atoms with Gasteiger partial charge in [-0.25, -0.2) is 0 Å². The highest BCUT2D eigenvalue weighted by Crippen LogP contribution is 2.13. The van der Waals surface area contributed by atoms with E-state index in [1.165, 1.54) is 0 Å². The normalized spacial score (nSPS) is 10.0. The van der Waals surface area contributed by atoms with E-state index in [0.29, 0.717) is 10.7 Å². The zero-order valence-electron chi connectivity index (χ0n) is 12.6. The van der Waals surface area contributed by atoms with Gasteiger partial charge in [0.05, 0.1) is 20.1 Å². The number of hydrogen-bond donors (Lipinski definition) is 2. The molecule has 0 aliphatic rings. The van der Waals surface area contributed by atoms with E-state index < -0.39 is 0 Å². The molecule has 0 radical (unpaired) electrons. The predicted molar refractivity (Wildman–Crippen MR) is 89.8 cm³/mol. The standard InChI is InChI=1S/C17H17ClN2O3/c1-23-15-8-2-12(3-9-15)10-16(21)19-11-17(22)20-14-6-4-13(18)5-7-14/h2-9H,10-11H2,1H3,(H,19,21)(H,20,22).